The predicted molar refractivity (Wildman–Crippen MR) is 134 cm³/mol. The molecule has 3 heterocycles. The Morgan fingerprint density at radius 1 is 1.17 bits per heavy atom. The molecule has 0 spiro atoms. The molecule has 2 atom stereocenters. The SMILES string of the molecule is C[C@@H]1C[C@@H]1COc1nc(C(=O)NC2(C)CCC2)nc(N2CCC(c3ccc(N)c(C(N)=O)n3)CC2)n1. The lowest BCUT2D eigenvalue weighted by Crippen LogP contribution is -2.51. The van der Waals surface area contributed by atoms with Gasteiger partial charge in [-0.05, 0) is 69.4 Å². The minimum Gasteiger partial charge on any atom is -0.463 e. The van der Waals surface area contributed by atoms with Crippen LogP contribution in [0.25, 0.3) is 0 Å². The zero-order valence-electron chi connectivity index (χ0n) is 20.9. The van der Waals surface area contributed by atoms with Gasteiger partial charge in [0.25, 0.3) is 11.8 Å². The highest BCUT2D eigenvalue weighted by molar-refractivity contribution is 5.95. The Labute approximate surface area is 210 Å². The highest BCUT2D eigenvalue weighted by Crippen LogP contribution is 2.38. The lowest BCUT2D eigenvalue weighted by atomic mass is 9.78. The van der Waals surface area contributed by atoms with Crippen molar-refractivity contribution in [1.29, 1.82) is 0 Å². The minimum absolute atomic E-state index is 0.0837. The summed E-state index contributed by atoms with van der Waals surface area (Å²) in [7, 11) is 0. The Balaban J connectivity index is 1.31. The average Bonchev–Trinajstić information content (AvgIpc) is 3.56. The van der Waals surface area contributed by atoms with Crippen LogP contribution in [-0.2, 0) is 0 Å². The minimum atomic E-state index is -0.633. The molecule has 192 valence electrons. The number of anilines is 2. The van der Waals surface area contributed by atoms with Crippen molar-refractivity contribution in [3.05, 3.63) is 29.3 Å². The standard InChI is InChI=1S/C25H34N8O3/c1-14-12-16(14)13-36-24-30-21(22(35)32-25(2)8-3-9-25)29-23(31-24)33-10-6-15(7-11-33)18-5-4-17(26)19(28-18)20(27)34/h4-5,14-16H,3,6-13,26H2,1-2H3,(H2,27,34)(H,32,35)/t14-,16-/m1/s1. The average molecular weight is 495 g/mol. The molecule has 3 fully saturated rings. The zero-order chi connectivity index (χ0) is 25.4. The van der Waals surface area contributed by atoms with Gasteiger partial charge >= 0.3 is 6.01 Å². The number of pyridine rings is 1. The molecule has 0 unspecified atom stereocenters. The molecule has 5 rings (SSSR count). The Hall–Kier alpha value is -3.50. The first-order valence-corrected chi connectivity index (χ1v) is 12.7. The van der Waals surface area contributed by atoms with Crippen LogP contribution in [0, 0.1) is 11.8 Å². The molecule has 2 aromatic heterocycles. The highest BCUT2D eigenvalue weighted by Gasteiger charge is 2.36. The van der Waals surface area contributed by atoms with Gasteiger partial charge in [-0.3, -0.25) is 9.59 Å². The molecule has 2 saturated carbocycles. The van der Waals surface area contributed by atoms with Crippen molar-refractivity contribution < 1.29 is 14.3 Å². The number of nitrogens with one attached hydrogen (secondary N) is 1. The monoisotopic (exact) mass is 494 g/mol. The first-order chi connectivity index (χ1) is 17.2. The van der Waals surface area contributed by atoms with Crippen LogP contribution >= 0.6 is 0 Å². The Kier molecular flexibility index (Phi) is 6.40. The summed E-state index contributed by atoms with van der Waals surface area (Å²) in [5.74, 6) is 0.885. The molecule has 11 heteroatoms. The number of aromatic nitrogens is 4. The molecule has 36 heavy (non-hydrogen) atoms. The van der Waals surface area contributed by atoms with Crippen LogP contribution in [0.5, 0.6) is 6.01 Å². The second kappa shape index (κ2) is 9.51. The van der Waals surface area contributed by atoms with E-state index in [1.807, 2.05) is 17.9 Å². The highest BCUT2D eigenvalue weighted by atomic mass is 16.5. The normalized spacial score (nSPS) is 23.0. The quantitative estimate of drug-likeness (QED) is 0.498. The topological polar surface area (TPSA) is 162 Å². The molecular weight excluding hydrogens is 460 g/mol. The Bertz CT molecular complexity index is 1160. The smallest absolute Gasteiger partial charge is 0.321 e. The van der Waals surface area contributed by atoms with Gasteiger partial charge in [0.15, 0.2) is 5.69 Å². The van der Waals surface area contributed by atoms with Crippen LogP contribution < -0.4 is 26.4 Å². The second-order valence-electron chi connectivity index (χ2n) is 10.7. The third kappa shape index (κ3) is 5.19. The molecule has 1 aliphatic heterocycles. The number of hydrogen-bond donors (Lipinski definition) is 3. The van der Waals surface area contributed by atoms with Crippen LogP contribution in [0.15, 0.2) is 12.1 Å². The van der Waals surface area contributed by atoms with Gasteiger partial charge in [0, 0.05) is 30.2 Å². The predicted octanol–water partition coefficient (Wildman–Crippen LogP) is 2.04. The number of carbonyl (C=O) groups excluding carboxylic acids is 2. The first-order valence-electron chi connectivity index (χ1n) is 12.7. The van der Waals surface area contributed by atoms with Crippen molar-refractivity contribution in [2.24, 2.45) is 17.6 Å². The molecule has 5 N–H and O–H groups in total. The fraction of sp³-hybridized carbons (Fsp3) is 0.600. The van der Waals surface area contributed by atoms with Crippen molar-refractivity contribution in [3.63, 3.8) is 0 Å². The maximum Gasteiger partial charge on any atom is 0.321 e. The molecule has 1 saturated heterocycles. The summed E-state index contributed by atoms with van der Waals surface area (Å²) in [6, 6.07) is 3.72. The number of carbonyl (C=O) groups is 2. The van der Waals surface area contributed by atoms with Crippen LogP contribution in [0.2, 0.25) is 0 Å². The van der Waals surface area contributed by atoms with E-state index in [2.05, 4.69) is 32.2 Å². The lowest BCUT2D eigenvalue weighted by Gasteiger charge is -2.38. The number of piperidine rings is 1. The van der Waals surface area contributed by atoms with Crippen LogP contribution in [0.3, 0.4) is 0 Å². The van der Waals surface area contributed by atoms with E-state index in [9.17, 15) is 9.59 Å². The van der Waals surface area contributed by atoms with Crippen LogP contribution in [-0.4, -0.2) is 57.0 Å². The third-order valence-electron chi connectivity index (χ3n) is 7.76. The lowest BCUT2D eigenvalue weighted by molar-refractivity contribution is 0.0836. The molecule has 2 amide bonds. The van der Waals surface area contributed by atoms with Crippen molar-refractivity contribution in [3.8, 4) is 6.01 Å². The van der Waals surface area contributed by atoms with Crippen molar-refractivity contribution in [2.75, 3.05) is 30.3 Å². The number of hydrogen-bond acceptors (Lipinski definition) is 9. The first kappa shape index (κ1) is 24.2. The van der Waals surface area contributed by atoms with Crippen molar-refractivity contribution in [2.45, 2.75) is 63.8 Å². The van der Waals surface area contributed by atoms with E-state index in [0.717, 1.165) is 44.2 Å². The largest absolute Gasteiger partial charge is 0.463 e. The molecule has 2 aromatic rings. The maximum absolute atomic E-state index is 13.0. The van der Waals surface area contributed by atoms with Crippen molar-refractivity contribution in [1.82, 2.24) is 25.3 Å². The molecule has 3 aliphatic rings. The van der Waals surface area contributed by atoms with E-state index in [-0.39, 0.29) is 40.6 Å². The number of nitrogens with zero attached hydrogens (tertiary/aromatic N) is 5. The molecule has 0 radical (unpaired) electrons. The van der Waals surface area contributed by atoms with Gasteiger partial charge in [-0.1, -0.05) is 6.92 Å². The summed E-state index contributed by atoms with van der Waals surface area (Å²) in [6.45, 7) is 6.09. The van der Waals surface area contributed by atoms with Gasteiger partial charge in [-0.25, -0.2) is 4.98 Å². The van der Waals surface area contributed by atoms with E-state index in [1.165, 1.54) is 0 Å². The van der Waals surface area contributed by atoms with Gasteiger partial charge in [-0.15, -0.1) is 0 Å². The fourth-order valence-electron chi connectivity index (χ4n) is 4.91. The Morgan fingerprint density at radius 3 is 2.50 bits per heavy atom. The number of amides is 2. The number of nitrogen functional groups attached to an aromatic ring is 1. The summed E-state index contributed by atoms with van der Waals surface area (Å²) >= 11 is 0. The summed E-state index contributed by atoms with van der Waals surface area (Å²) in [6.07, 6.45) is 5.68. The molecule has 0 aromatic carbocycles. The zero-order valence-corrected chi connectivity index (χ0v) is 20.9. The number of primary amides is 1. The van der Waals surface area contributed by atoms with E-state index >= 15 is 0 Å². The summed E-state index contributed by atoms with van der Waals surface area (Å²) in [5.41, 5.74) is 12.2. The maximum atomic E-state index is 13.0. The molecule has 11 nitrogen and oxygen atoms in total. The third-order valence-corrected chi connectivity index (χ3v) is 7.76. The second-order valence-corrected chi connectivity index (χ2v) is 10.7. The van der Waals surface area contributed by atoms with Gasteiger partial charge in [0.05, 0.1) is 12.3 Å². The van der Waals surface area contributed by atoms with E-state index < -0.39 is 5.91 Å². The van der Waals surface area contributed by atoms with Crippen LogP contribution in [0.1, 0.15) is 85.1 Å². The van der Waals surface area contributed by atoms with Crippen molar-refractivity contribution >= 4 is 23.5 Å². The fourth-order valence-corrected chi connectivity index (χ4v) is 4.91. The van der Waals surface area contributed by atoms with Gasteiger partial charge in [0.2, 0.25) is 11.8 Å². The Morgan fingerprint density at radius 2 is 1.89 bits per heavy atom. The molecule has 0 bridgehead atoms. The summed E-state index contributed by atoms with van der Waals surface area (Å²) in [5, 5.41) is 3.08. The van der Waals surface area contributed by atoms with Gasteiger partial charge in [-0.2, -0.15) is 15.0 Å². The van der Waals surface area contributed by atoms with E-state index in [0.29, 0.717) is 37.5 Å². The molecule has 2 aliphatic carbocycles. The summed E-state index contributed by atoms with van der Waals surface area (Å²) in [4.78, 5) is 44.5. The van der Waals surface area contributed by atoms with E-state index in [4.69, 9.17) is 16.2 Å². The van der Waals surface area contributed by atoms with Crippen LogP contribution in [0.4, 0.5) is 11.6 Å². The number of rotatable bonds is 8. The number of nitrogens with two attached hydrogens (primary N) is 2. The van der Waals surface area contributed by atoms with Gasteiger partial charge < -0.3 is 26.4 Å². The van der Waals surface area contributed by atoms with E-state index in [1.54, 1.807) is 6.07 Å². The number of ether oxygens (including phenoxy) is 1. The van der Waals surface area contributed by atoms with Gasteiger partial charge in [0.1, 0.15) is 0 Å². The molecular formula is C25H34N8O3. The summed E-state index contributed by atoms with van der Waals surface area (Å²) < 4.78 is 5.90.